The number of hydrogen-bond acceptors (Lipinski definition) is 4. The molecule has 21 heavy (non-hydrogen) atoms. The summed E-state index contributed by atoms with van der Waals surface area (Å²) >= 11 is 1.65. The summed E-state index contributed by atoms with van der Waals surface area (Å²) in [6, 6.07) is 0.0577. The molecule has 2 heterocycles. The minimum Gasteiger partial charge on any atom is -0.375 e. The predicted molar refractivity (Wildman–Crippen MR) is 84.6 cm³/mol. The third kappa shape index (κ3) is 3.95. The van der Waals surface area contributed by atoms with Crippen molar-refractivity contribution in [2.45, 2.75) is 58.7 Å². The van der Waals surface area contributed by atoms with E-state index >= 15 is 0 Å². The fraction of sp³-hybridized carbons (Fsp3) is 0.733. The van der Waals surface area contributed by atoms with E-state index in [0.717, 1.165) is 10.7 Å². The third-order valence-electron chi connectivity index (χ3n) is 3.76. The molecule has 0 saturated carbocycles. The van der Waals surface area contributed by atoms with Crippen LogP contribution in [-0.4, -0.2) is 41.2 Å². The summed E-state index contributed by atoms with van der Waals surface area (Å²) in [4.78, 5) is 18.7. The second-order valence-corrected chi connectivity index (χ2v) is 7.42. The molecule has 1 aromatic heterocycles. The van der Waals surface area contributed by atoms with Gasteiger partial charge in [0.2, 0.25) is 0 Å². The molecule has 5 nitrogen and oxygen atoms in total. The van der Waals surface area contributed by atoms with Gasteiger partial charge in [0.25, 0.3) is 0 Å². The van der Waals surface area contributed by atoms with E-state index in [1.54, 1.807) is 11.3 Å². The Bertz CT molecular complexity index is 495. The number of rotatable bonds is 2. The first-order valence-corrected chi connectivity index (χ1v) is 8.28. The number of carbonyl (C=O) groups excluding carboxylic acids is 1. The van der Waals surface area contributed by atoms with Crippen molar-refractivity contribution in [2.24, 2.45) is 0 Å². The monoisotopic (exact) mass is 311 g/mol. The lowest BCUT2D eigenvalue weighted by molar-refractivity contribution is -0.0376. The molecule has 0 radical (unpaired) electrons. The summed E-state index contributed by atoms with van der Waals surface area (Å²) in [5.41, 5.74) is 0.980. The zero-order valence-corrected chi connectivity index (χ0v) is 14.3. The summed E-state index contributed by atoms with van der Waals surface area (Å²) in [5, 5.41) is 6.08. The maximum atomic E-state index is 12.3. The zero-order valence-electron chi connectivity index (χ0n) is 13.5. The Kier molecular flexibility index (Phi) is 4.88. The largest absolute Gasteiger partial charge is 0.375 e. The van der Waals surface area contributed by atoms with Crippen LogP contribution in [0.2, 0.25) is 0 Å². The number of carbonyl (C=O) groups is 1. The Morgan fingerprint density at radius 1 is 1.52 bits per heavy atom. The molecule has 2 rings (SSSR count). The molecular weight excluding hydrogens is 286 g/mol. The van der Waals surface area contributed by atoms with Crippen molar-refractivity contribution in [3.8, 4) is 0 Å². The SMILES string of the molecule is CC1OCCN(C(=O)NCc2csc(C(C)(C)C)n2)C1C. The van der Waals surface area contributed by atoms with Crippen LogP contribution in [0.1, 0.15) is 45.3 Å². The molecular formula is C15H25N3O2S. The van der Waals surface area contributed by atoms with E-state index in [0.29, 0.717) is 19.7 Å². The van der Waals surface area contributed by atoms with Gasteiger partial charge in [-0.2, -0.15) is 0 Å². The van der Waals surface area contributed by atoms with E-state index < -0.39 is 0 Å². The Morgan fingerprint density at radius 3 is 2.86 bits per heavy atom. The number of hydrogen-bond donors (Lipinski definition) is 1. The molecule has 2 atom stereocenters. The highest BCUT2D eigenvalue weighted by Crippen LogP contribution is 2.25. The van der Waals surface area contributed by atoms with Crippen LogP contribution in [0.4, 0.5) is 4.79 Å². The maximum absolute atomic E-state index is 12.3. The summed E-state index contributed by atoms with van der Waals surface area (Å²) in [7, 11) is 0. The van der Waals surface area contributed by atoms with Crippen LogP contribution in [0.5, 0.6) is 0 Å². The molecule has 118 valence electrons. The van der Waals surface area contributed by atoms with Gasteiger partial charge in [-0.1, -0.05) is 20.8 Å². The summed E-state index contributed by atoms with van der Waals surface area (Å²) in [6.07, 6.45) is 0.0799. The van der Waals surface area contributed by atoms with E-state index in [1.807, 2.05) is 24.1 Å². The lowest BCUT2D eigenvalue weighted by Crippen LogP contribution is -2.54. The molecule has 0 spiro atoms. The van der Waals surface area contributed by atoms with E-state index in [9.17, 15) is 4.79 Å². The van der Waals surface area contributed by atoms with Crippen LogP contribution in [0.25, 0.3) is 0 Å². The van der Waals surface area contributed by atoms with Gasteiger partial charge in [0.1, 0.15) is 0 Å². The Labute approximate surface area is 130 Å². The highest BCUT2D eigenvalue weighted by Gasteiger charge is 2.29. The maximum Gasteiger partial charge on any atom is 0.318 e. The average molecular weight is 311 g/mol. The fourth-order valence-corrected chi connectivity index (χ4v) is 3.13. The van der Waals surface area contributed by atoms with Crippen molar-refractivity contribution in [3.05, 3.63) is 16.1 Å². The Morgan fingerprint density at radius 2 is 2.24 bits per heavy atom. The Balaban J connectivity index is 1.90. The van der Waals surface area contributed by atoms with Crippen LogP contribution in [0.3, 0.4) is 0 Å². The first-order valence-electron chi connectivity index (χ1n) is 7.40. The van der Waals surface area contributed by atoms with Gasteiger partial charge in [0.15, 0.2) is 0 Å². The standard InChI is InChI=1S/C15H25N3O2S/c1-10-11(2)20-7-6-18(10)14(19)16-8-12-9-21-13(17-12)15(3,4)5/h9-11H,6-8H2,1-5H3,(H,16,19). The van der Waals surface area contributed by atoms with Crippen molar-refractivity contribution < 1.29 is 9.53 Å². The number of morpholine rings is 1. The van der Waals surface area contributed by atoms with E-state index in [4.69, 9.17) is 4.74 Å². The van der Waals surface area contributed by atoms with Gasteiger partial charge < -0.3 is 15.0 Å². The van der Waals surface area contributed by atoms with Gasteiger partial charge in [0.05, 0.1) is 36.0 Å². The molecule has 1 N–H and O–H groups in total. The molecule has 0 aromatic carbocycles. The van der Waals surface area contributed by atoms with Gasteiger partial charge in [-0.3, -0.25) is 0 Å². The van der Waals surface area contributed by atoms with Crippen LogP contribution in [0, 0.1) is 0 Å². The van der Waals surface area contributed by atoms with Crippen molar-refractivity contribution in [1.82, 2.24) is 15.2 Å². The molecule has 1 aromatic rings. The van der Waals surface area contributed by atoms with Crippen molar-refractivity contribution in [3.63, 3.8) is 0 Å². The second-order valence-electron chi connectivity index (χ2n) is 6.56. The average Bonchev–Trinajstić information content (AvgIpc) is 2.88. The highest BCUT2D eigenvalue weighted by molar-refractivity contribution is 7.09. The van der Waals surface area contributed by atoms with Gasteiger partial charge in [0, 0.05) is 17.3 Å². The molecule has 2 amide bonds. The number of thiazole rings is 1. The van der Waals surface area contributed by atoms with Crippen molar-refractivity contribution in [1.29, 1.82) is 0 Å². The number of ether oxygens (including phenoxy) is 1. The first kappa shape index (κ1) is 16.2. The predicted octanol–water partition coefficient (Wildman–Crippen LogP) is 2.76. The highest BCUT2D eigenvalue weighted by atomic mass is 32.1. The summed E-state index contributed by atoms with van der Waals surface area (Å²) < 4.78 is 5.54. The Hall–Kier alpha value is -1.14. The summed E-state index contributed by atoms with van der Waals surface area (Å²) in [5.74, 6) is 0. The first-order chi connectivity index (χ1) is 9.79. The van der Waals surface area contributed by atoms with Crippen LogP contribution < -0.4 is 5.32 Å². The third-order valence-corrected chi connectivity index (χ3v) is 5.08. The molecule has 1 aliphatic rings. The second kappa shape index (κ2) is 6.32. The fourth-order valence-electron chi connectivity index (χ4n) is 2.22. The number of aromatic nitrogens is 1. The lowest BCUT2D eigenvalue weighted by Gasteiger charge is -2.37. The molecule has 1 saturated heterocycles. The molecule has 1 fully saturated rings. The van der Waals surface area contributed by atoms with Gasteiger partial charge >= 0.3 is 6.03 Å². The minimum absolute atomic E-state index is 0.0389. The minimum atomic E-state index is -0.0389. The van der Waals surface area contributed by atoms with Crippen molar-refractivity contribution >= 4 is 17.4 Å². The van der Waals surface area contributed by atoms with Crippen LogP contribution in [-0.2, 0) is 16.7 Å². The molecule has 1 aliphatic heterocycles. The number of amides is 2. The van der Waals surface area contributed by atoms with E-state index in [1.165, 1.54) is 0 Å². The van der Waals surface area contributed by atoms with Gasteiger partial charge in [-0.15, -0.1) is 11.3 Å². The van der Waals surface area contributed by atoms with E-state index in [2.05, 4.69) is 31.1 Å². The molecule has 6 heteroatoms. The lowest BCUT2D eigenvalue weighted by atomic mass is 9.98. The number of urea groups is 1. The normalized spacial score (nSPS) is 23.2. The molecule has 0 bridgehead atoms. The zero-order chi connectivity index (χ0) is 15.6. The van der Waals surface area contributed by atoms with Crippen LogP contribution in [0.15, 0.2) is 5.38 Å². The molecule has 0 aliphatic carbocycles. The van der Waals surface area contributed by atoms with Crippen molar-refractivity contribution in [2.75, 3.05) is 13.2 Å². The van der Waals surface area contributed by atoms with Gasteiger partial charge in [-0.25, -0.2) is 9.78 Å². The van der Waals surface area contributed by atoms with Gasteiger partial charge in [-0.05, 0) is 13.8 Å². The topological polar surface area (TPSA) is 54.5 Å². The number of nitrogens with one attached hydrogen (secondary N) is 1. The van der Waals surface area contributed by atoms with Crippen LogP contribution >= 0.6 is 11.3 Å². The quantitative estimate of drug-likeness (QED) is 0.913. The molecule has 2 unspecified atom stereocenters. The number of nitrogens with zero attached hydrogens (tertiary/aromatic N) is 2. The smallest absolute Gasteiger partial charge is 0.318 e. The summed E-state index contributed by atoms with van der Waals surface area (Å²) in [6.45, 7) is 12.2. The van der Waals surface area contributed by atoms with E-state index in [-0.39, 0.29) is 23.6 Å².